The third-order valence-corrected chi connectivity index (χ3v) is 6.87. The Morgan fingerprint density at radius 3 is 2.19 bits per heavy atom. The molecule has 3 aromatic rings. The van der Waals surface area contributed by atoms with E-state index in [2.05, 4.69) is 15.0 Å². The Morgan fingerprint density at radius 2 is 1.61 bits per heavy atom. The molecule has 3 heterocycles. The summed E-state index contributed by atoms with van der Waals surface area (Å²) >= 11 is 0. The fourth-order valence-corrected chi connectivity index (χ4v) is 4.77. The minimum absolute atomic E-state index is 0.158. The molecule has 2 aromatic heterocycles. The maximum Gasteiger partial charge on any atom is 0.416 e. The van der Waals surface area contributed by atoms with Crippen molar-refractivity contribution >= 4 is 15.8 Å². The summed E-state index contributed by atoms with van der Waals surface area (Å²) < 4.78 is 66.9. The van der Waals surface area contributed by atoms with E-state index in [1.807, 2.05) is 4.90 Å². The van der Waals surface area contributed by atoms with Crippen LogP contribution in [-0.2, 0) is 16.2 Å². The molecule has 1 fully saturated rings. The number of sulfonamides is 1. The van der Waals surface area contributed by atoms with E-state index in [0.29, 0.717) is 30.5 Å². The second kappa shape index (κ2) is 7.93. The monoisotopic (exact) mass is 452 g/mol. The molecule has 31 heavy (non-hydrogen) atoms. The van der Waals surface area contributed by atoms with Crippen LogP contribution in [0, 0.1) is 6.92 Å². The van der Waals surface area contributed by atoms with Crippen molar-refractivity contribution in [3.63, 3.8) is 0 Å². The first-order valence-electron chi connectivity index (χ1n) is 9.41. The van der Waals surface area contributed by atoms with E-state index < -0.39 is 21.8 Å². The number of piperazine rings is 1. The topological polar surface area (TPSA) is 84.2 Å². The molecule has 0 spiro atoms. The zero-order valence-corrected chi connectivity index (χ0v) is 17.3. The molecule has 0 radical (unpaired) electrons. The zero-order chi connectivity index (χ0) is 22.2. The number of alkyl halides is 3. The highest BCUT2D eigenvalue weighted by Gasteiger charge is 2.32. The number of halogens is 3. The van der Waals surface area contributed by atoms with Crippen LogP contribution in [0.15, 0.2) is 53.9 Å². The number of nitrogens with zero attached hydrogens (tertiary/aromatic N) is 6. The second-order valence-electron chi connectivity index (χ2n) is 7.01. The molecule has 1 aromatic carbocycles. The lowest BCUT2D eigenvalue weighted by molar-refractivity contribution is -0.137. The highest BCUT2D eigenvalue weighted by Crippen LogP contribution is 2.30. The fraction of sp³-hybridized carbons (Fsp3) is 0.316. The summed E-state index contributed by atoms with van der Waals surface area (Å²) in [6.45, 7) is 2.92. The van der Waals surface area contributed by atoms with E-state index in [9.17, 15) is 21.6 Å². The van der Waals surface area contributed by atoms with Crippen LogP contribution in [0.5, 0.6) is 0 Å². The number of hydrogen-bond acceptors (Lipinski definition) is 6. The van der Waals surface area contributed by atoms with Gasteiger partial charge in [0.25, 0.3) is 0 Å². The predicted octanol–water partition coefficient (Wildman–Crippen LogP) is 2.50. The Hall–Kier alpha value is -2.99. The van der Waals surface area contributed by atoms with Crippen molar-refractivity contribution in [1.29, 1.82) is 0 Å². The summed E-state index contributed by atoms with van der Waals surface area (Å²) in [5.74, 6) is 1.89. The SMILES string of the molecule is Cc1nc(N2CCN(S(=O)(=O)c3ccc(C(F)(F)F)cc3)CC2)cc(-n2ccnc2)n1. The minimum Gasteiger partial charge on any atom is -0.354 e. The molecule has 0 unspecified atom stereocenters. The molecule has 0 atom stereocenters. The van der Waals surface area contributed by atoms with Gasteiger partial charge in [0.2, 0.25) is 10.0 Å². The normalized spacial score (nSPS) is 15.9. The van der Waals surface area contributed by atoms with Gasteiger partial charge < -0.3 is 4.90 Å². The summed E-state index contributed by atoms with van der Waals surface area (Å²) in [7, 11) is -3.89. The van der Waals surface area contributed by atoms with Gasteiger partial charge in [0.05, 0.1) is 10.5 Å². The van der Waals surface area contributed by atoms with Crippen molar-refractivity contribution < 1.29 is 21.6 Å². The lowest BCUT2D eigenvalue weighted by Gasteiger charge is -2.34. The molecule has 1 saturated heterocycles. The van der Waals surface area contributed by atoms with Crippen molar-refractivity contribution in [2.45, 2.75) is 18.0 Å². The van der Waals surface area contributed by atoms with Gasteiger partial charge in [0.15, 0.2) is 0 Å². The Balaban J connectivity index is 1.48. The van der Waals surface area contributed by atoms with Gasteiger partial charge in [-0.25, -0.2) is 23.4 Å². The van der Waals surface area contributed by atoms with E-state index in [4.69, 9.17) is 0 Å². The molecule has 8 nitrogen and oxygen atoms in total. The summed E-state index contributed by atoms with van der Waals surface area (Å²) in [5.41, 5.74) is -0.885. The number of hydrogen-bond donors (Lipinski definition) is 0. The number of aryl methyl sites for hydroxylation is 1. The van der Waals surface area contributed by atoms with Crippen molar-refractivity contribution in [1.82, 2.24) is 23.8 Å². The smallest absolute Gasteiger partial charge is 0.354 e. The quantitative estimate of drug-likeness (QED) is 0.605. The minimum atomic E-state index is -4.51. The number of rotatable bonds is 4. The van der Waals surface area contributed by atoms with E-state index >= 15 is 0 Å². The van der Waals surface area contributed by atoms with Crippen LogP contribution in [0.1, 0.15) is 11.4 Å². The summed E-state index contributed by atoms with van der Waals surface area (Å²) in [5, 5.41) is 0. The Bertz CT molecular complexity index is 1160. The molecule has 12 heteroatoms. The first-order chi connectivity index (χ1) is 14.6. The lowest BCUT2D eigenvalue weighted by Crippen LogP contribution is -2.49. The first-order valence-corrected chi connectivity index (χ1v) is 10.8. The lowest BCUT2D eigenvalue weighted by atomic mass is 10.2. The fourth-order valence-electron chi connectivity index (χ4n) is 3.35. The van der Waals surface area contributed by atoms with Crippen LogP contribution < -0.4 is 4.90 Å². The van der Waals surface area contributed by atoms with Crippen molar-refractivity contribution in [2.75, 3.05) is 31.1 Å². The third kappa shape index (κ3) is 4.39. The van der Waals surface area contributed by atoms with Gasteiger partial charge in [0, 0.05) is 44.6 Å². The molecule has 0 saturated carbocycles. The molecule has 4 rings (SSSR count). The molecule has 0 amide bonds. The van der Waals surface area contributed by atoms with E-state index in [1.165, 1.54) is 4.31 Å². The Labute approximate surface area is 177 Å². The van der Waals surface area contributed by atoms with Gasteiger partial charge in [-0.1, -0.05) is 0 Å². The molecule has 0 bridgehead atoms. The molecular weight excluding hydrogens is 433 g/mol. The van der Waals surface area contributed by atoms with Crippen LogP contribution in [0.2, 0.25) is 0 Å². The van der Waals surface area contributed by atoms with Gasteiger partial charge in [-0.05, 0) is 31.2 Å². The molecule has 0 N–H and O–H groups in total. The van der Waals surface area contributed by atoms with Crippen LogP contribution in [0.3, 0.4) is 0 Å². The van der Waals surface area contributed by atoms with Gasteiger partial charge >= 0.3 is 6.18 Å². The van der Waals surface area contributed by atoms with Gasteiger partial charge in [-0.15, -0.1) is 0 Å². The van der Waals surface area contributed by atoms with Crippen molar-refractivity contribution in [3.05, 3.63) is 60.4 Å². The summed E-state index contributed by atoms with van der Waals surface area (Å²) in [4.78, 5) is 14.6. The Kier molecular flexibility index (Phi) is 5.43. The summed E-state index contributed by atoms with van der Waals surface area (Å²) in [6.07, 6.45) is 0.515. The standard InChI is InChI=1S/C19H19F3N6O2S/c1-14-24-17(12-18(25-14)27-7-6-23-13-27)26-8-10-28(11-9-26)31(29,30)16-4-2-15(3-5-16)19(20,21)22/h2-7,12-13H,8-11H2,1H3. The van der Waals surface area contributed by atoms with Crippen LogP contribution in [0.4, 0.5) is 19.0 Å². The van der Waals surface area contributed by atoms with E-state index in [0.717, 1.165) is 24.3 Å². The molecule has 1 aliphatic rings. The second-order valence-corrected chi connectivity index (χ2v) is 8.95. The number of benzene rings is 1. The molecular formula is C19H19F3N6O2S. The highest BCUT2D eigenvalue weighted by molar-refractivity contribution is 7.89. The van der Waals surface area contributed by atoms with Crippen molar-refractivity contribution in [3.8, 4) is 5.82 Å². The van der Waals surface area contributed by atoms with Crippen LogP contribution in [0.25, 0.3) is 5.82 Å². The number of imidazole rings is 1. The maximum atomic E-state index is 12.8. The number of aromatic nitrogens is 4. The molecule has 1 aliphatic heterocycles. The van der Waals surface area contributed by atoms with Gasteiger partial charge in [-0.2, -0.15) is 17.5 Å². The highest BCUT2D eigenvalue weighted by atomic mass is 32.2. The van der Waals surface area contributed by atoms with Crippen LogP contribution in [-0.4, -0.2) is 58.4 Å². The summed E-state index contributed by atoms with van der Waals surface area (Å²) in [6, 6.07) is 5.36. The Morgan fingerprint density at radius 1 is 0.968 bits per heavy atom. The maximum absolute atomic E-state index is 12.8. The number of anilines is 1. The van der Waals surface area contributed by atoms with Gasteiger partial charge in [-0.3, -0.25) is 4.57 Å². The van der Waals surface area contributed by atoms with E-state index in [1.54, 1.807) is 36.3 Å². The average Bonchev–Trinajstić information content (AvgIpc) is 3.28. The average molecular weight is 452 g/mol. The largest absolute Gasteiger partial charge is 0.416 e. The first kappa shape index (κ1) is 21.2. The predicted molar refractivity (Wildman–Crippen MR) is 106 cm³/mol. The zero-order valence-electron chi connectivity index (χ0n) is 16.5. The molecule has 164 valence electrons. The van der Waals surface area contributed by atoms with E-state index in [-0.39, 0.29) is 18.0 Å². The van der Waals surface area contributed by atoms with Gasteiger partial charge in [0.1, 0.15) is 23.8 Å². The molecule has 0 aliphatic carbocycles. The van der Waals surface area contributed by atoms with Crippen LogP contribution >= 0.6 is 0 Å². The van der Waals surface area contributed by atoms with Crippen molar-refractivity contribution in [2.24, 2.45) is 0 Å². The third-order valence-electron chi connectivity index (χ3n) is 4.96.